The van der Waals surface area contributed by atoms with Gasteiger partial charge in [0.15, 0.2) is 0 Å². The fourth-order valence-corrected chi connectivity index (χ4v) is 1.92. The highest BCUT2D eigenvalue weighted by atomic mass is 16.5. The minimum absolute atomic E-state index is 0.0175. The van der Waals surface area contributed by atoms with Crippen molar-refractivity contribution in [3.63, 3.8) is 0 Å². The lowest BCUT2D eigenvalue weighted by atomic mass is 10.1. The van der Waals surface area contributed by atoms with E-state index in [4.69, 9.17) is 4.74 Å². The molecule has 2 rings (SSSR count). The summed E-state index contributed by atoms with van der Waals surface area (Å²) in [6, 6.07) is 8.20. The number of fused-ring (bicyclic) bond motifs is 1. The Morgan fingerprint density at radius 3 is 2.87 bits per heavy atom. The normalized spacial score (nSPS) is 19.0. The zero-order valence-corrected chi connectivity index (χ0v) is 9.19. The molecular formula is C13H16O2. The summed E-state index contributed by atoms with van der Waals surface area (Å²) in [6.07, 6.45) is 1.93. The van der Waals surface area contributed by atoms with Crippen molar-refractivity contribution in [3.05, 3.63) is 35.4 Å². The van der Waals surface area contributed by atoms with Gasteiger partial charge in [0.05, 0.1) is 5.92 Å². The first kappa shape index (κ1) is 10.2. The van der Waals surface area contributed by atoms with Crippen LogP contribution in [0.5, 0.6) is 0 Å². The van der Waals surface area contributed by atoms with Crippen LogP contribution in [-0.4, -0.2) is 5.97 Å². The molecule has 0 aromatic heterocycles. The van der Waals surface area contributed by atoms with Gasteiger partial charge in [-0.2, -0.15) is 0 Å². The zero-order chi connectivity index (χ0) is 10.8. The molecule has 1 aromatic rings. The summed E-state index contributed by atoms with van der Waals surface area (Å²) in [5.41, 5.74) is 2.51. The van der Waals surface area contributed by atoms with Gasteiger partial charge in [-0.05, 0) is 24.0 Å². The molecule has 1 aromatic carbocycles. The van der Waals surface area contributed by atoms with E-state index in [9.17, 15) is 4.79 Å². The van der Waals surface area contributed by atoms with Gasteiger partial charge < -0.3 is 4.74 Å². The topological polar surface area (TPSA) is 26.3 Å². The molecule has 0 saturated heterocycles. The van der Waals surface area contributed by atoms with Crippen molar-refractivity contribution in [3.8, 4) is 0 Å². The highest BCUT2D eigenvalue weighted by molar-refractivity contribution is 5.72. The van der Waals surface area contributed by atoms with Gasteiger partial charge in [0.2, 0.25) is 0 Å². The summed E-state index contributed by atoms with van der Waals surface area (Å²) in [6.45, 7) is 3.73. The Bertz CT molecular complexity index is 369. The average molecular weight is 204 g/mol. The minimum Gasteiger partial charge on any atom is -0.457 e. The van der Waals surface area contributed by atoms with E-state index < -0.39 is 0 Å². The third-order valence-electron chi connectivity index (χ3n) is 2.81. The molecule has 0 heterocycles. The van der Waals surface area contributed by atoms with E-state index >= 15 is 0 Å². The average Bonchev–Trinajstić information content (AvgIpc) is 2.62. The second kappa shape index (κ2) is 4.05. The van der Waals surface area contributed by atoms with Crippen LogP contribution in [0.15, 0.2) is 24.3 Å². The van der Waals surface area contributed by atoms with Crippen molar-refractivity contribution in [2.24, 2.45) is 5.92 Å². The van der Waals surface area contributed by atoms with Crippen LogP contribution in [0.2, 0.25) is 0 Å². The SMILES string of the molecule is CC(C)C(=O)O[C@H]1CCc2ccccc21. The number of hydrogen-bond acceptors (Lipinski definition) is 2. The van der Waals surface area contributed by atoms with Gasteiger partial charge >= 0.3 is 5.97 Å². The monoisotopic (exact) mass is 204 g/mol. The largest absolute Gasteiger partial charge is 0.457 e. The van der Waals surface area contributed by atoms with Crippen LogP contribution in [0, 0.1) is 5.92 Å². The van der Waals surface area contributed by atoms with Crippen molar-refractivity contribution in [2.45, 2.75) is 32.8 Å². The molecule has 0 spiro atoms. The Hall–Kier alpha value is -1.31. The molecule has 0 amide bonds. The van der Waals surface area contributed by atoms with Gasteiger partial charge in [0, 0.05) is 0 Å². The van der Waals surface area contributed by atoms with Crippen LogP contribution < -0.4 is 0 Å². The lowest BCUT2D eigenvalue weighted by molar-refractivity contribution is -0.153. The Morgan fingerprint density at radius 1 is 1.40 bits per heavy atom. The second-order valence-electron chi connectivity index (χ2n) is 4.32. The number of ether oxygens (including phenoxy) is 1. The molecule has 2 nitrogen and oxygen atoms in total. The number of aryl methyl sites for hydroxylation is 1. The molecular weight excluding hydrogens is 188 g/mol. The fourth-order valence-electron chi connectivity index (χ4n) is 1.92. The number of rotatable bonds is 2. The molecule has 0 bridgehead atoms. The molecule has 15 heavy (non-hydrogen) atoms. The standard InChI is InChI=1S/C13H16O2/c1-9(2)13(14)15-12-8-7-10-5-3-4-6-11(10)12/h3-6,9,12H,7-8H2,1-2H3/t12-/m0/s1. The summed E-state index contributed by atoms with van der Waals surface area (Å²) in [5.74, 6) is -0.144. The predicted molar refractivity (Wildman–Crippen MR) is 58.4 cm³/mol. The molecule has 0 radical (unpaired) electrons. The van der Waals surface area contributed by atoms with E-state index in [-0.39, 0.29) is 18.0 Å². The Kier molecular flexibility index (Phi) is 2.76. The molecule has 1 aliphatic rings. The van der Waals surface area contributed by atoms with Crippen LogP contribution >= 0.6 is 0 Å². The van der Waals surface area contributed by atoms with E-state index in [1.807, 2.05) is 26.0 Å². The van der Waals surface area contributed by atoms with Crippen LogP contribution in [0.4, 0.5) is 0 Å². The van der Waals surface area contributed by atoms with E-state index in [0.29, 0.717) is 0 Å². The highest BCUT2D eigenvalue weighted by Gasteiger charge is 2.25. The minimum atomic E-state index is -0.100. The maximum absolute atomic E-state index is 11.5. The number of esters is 1. The first-order chi connectivity index (χ1) is 7.18. The molecule has 1 aliphatic carbocycles. The molecule has 2 heteroatoms. The van der Waals surface area contributed by atoms with Gasteiger partial charge in [0.25, 0.3) is 0 Å². The smallest absolute Gasteiger partial charge is 0.308 e. The first-order valence-corrected chi connectivity index (χ1v) is 5.47. The Balaban J connectivity index is 2.11. The van der Waals surface area contributed by atoms with E-state index in [1.165, 1.54) is 11.1 Å². The van der Waals surface area contributed by atoms with Gasteiger partial charge in [-0.15, -0.1) is 0 Å². The summed E-state index contributed by atoms with van der Waals surface area (Å²) in [7, 11) is 0. The van der Waals surface area contributed by atoms with Crippen molar-refractivity contribution < 1.29 is 9.53 Å². The molecule has 0 fully saturated rings. The van der Waals surface area contributed by atoms with Crippen LogP contribution in [0.25, 0.3) is 0 Å². The fraction of sp³-hybridized carbons (Fsp3) is 0.462. The number of hydrogen-bond donors (Lipinski definition) is 0. The molecule has 0 saturated carbocycles. The number of carbonyl (C=O) groups is 1. The highest BCUT2D eigenvalue weighted by Crippen LogP contribution is 2.34. The van der Waals surface area contributed by atoms with E-state index in [1.54, 1.807) is 0 Å². The lowest BCUT2D eigenvalue weighted by Crippen LogP contribution is -2.14. The van der Waals surface area contributed by atoms with E-state index in [0.717, 1.165) is 12.8 Å². The maximum atomic E-state index is 11.5. The molecule has 1 atom stereocenters. The number of benzene rings is 1. The summed E-state index contributed by atoms with van der Waals surface area (Å²) in [5, 5.41) is 0. The first-order valence-electron chi connectivity index (χ1n) is 5.47. The van der Waals surface area contributed by atoms with Crippen LogP contribution in [-0.2, 0) is 16.0 Å². The third kappa shape index (κ3) is 2.04. The summed E-state index contributed by atoms with van der Waals surface area (Å²) >= 11 is 0. The summed E-state index contributed by atoms with van der Waals surface area (Å²) in [4.78, 5) is 11.5. The van der Waals surface area contributed by atoms with Crippen molar-refractivity contribution in [1.82, 2.24) is 0 Å². The molecule has 0 aliphatic heterocycles. The Morgan fingerprint density at radius 2 is 2.13 bits per heavy atom. The molecule has 80 valence electrons. The number of carbonyl (C=O) groups excluding carboxylic acids is 1. The zero-order valence-electron chi connectivity index (χ0n) is 9.19. The summed E-state index contributed by atoms with van der Waals surface area (Å²) < 4.78 is 5.46. The second-order valence-corrected chi connectivity index (χ2v) is 4.32. The third-order valence-corrected chi connectivity index (χ3v) is 2.81. The van der Waals surface area contributed by atoms with Crippen LogP contribution in [0.3, 0.4) is 0 Å². The van der Waals surface area contributed by atoms with Crippen molar-refractivity contribution in [2.75, 3.05) is 0 Å². The maximum Gasteiger partial charge on any atom is 0.308 e. The Labute approximate surface area is 90.3 Å². The van der Waals surface area contributed by atoms with Crippen molar-refractivity contribution in [1.29, 1.82) is 0 Å². The van der Waals surface area contributed by atoms with E-state index in [2.05, 4.69) is 12.1 Å². The van der Waals surface area contributed by atoms with Gasteiger partial charge in [0.1, 0.15) is 6.10 Å². The predicted octanol–water partition coefficient (Wildman–Crippen LogP) is 2.87. The molecule has 0 N–H and O–H groups in total. The van der Waals surface area contributed by atoms with Gasteiger partial charge in [-0.1, -0.05) is 38.1 Å². The quantitative estimate of drug-likeness (QED) is 0.692. The van der Waals surface area contributed by atoms with Crippen LogP contribution in [0.1, 0.15) is 37.5 Å². The van der Waals surface area contributed by atoms with Gasteiger partial charge in [-0.25, -0.2) is 0 Å². The van der Waals surface area contributed by atoms with Gasteiger partial charge in [-0.3, -0.25) is 4.79 Å². The lowest BCUT2D eigenvalue weighted by Gasteiger charge is -2.14. The molecule has 0 unspecified atom stereocenters. The van der Waals surface area contributed by atoms with Crippen molar-refractivity contribution >= 4 is 5.97 Å².